The van der Waals surface area contributed by atoms with E-state index in [9.17, 15) is 4.79 Å². The fourth-order valence-corrected chi connectivity index (χ4v) is 6.69. The minimum absolute atomic E-state index is 0.0696. The maximum atomic E-state index is 14.0. The lowest BCUT2D eigenvalue weighted by Gasteiger charge is -2.36. The quantitative estimate of drug-likeness (QED) is 0.221. The Labute approximate surface area is 265 Å². The summed E-state index contributed by atoms with van der Waals surface area (Å²) in [5.74, 6) is 3.78. The molecule has 0 unspecified atom stereocenters. The van der Waals surface area contributed by atoms with Crippen molar-refractivity contribution in [1.29, 1.82) is 0 Å². The minimum Gasteiger partial charge on any atom is -0.493 e. The van der Waals surface area contributed by atoms with Crippen LogP contribution in [-0.2, 0) is 6.54 Å². The summed E-state index contributed by atoms with van der Waals surface area (Å²) in [6.07, 6.45) is 0. The maximum Gasteiger partial charge on any atom is 0.231 e. The second-order valence-electron chi connectivity index (χ2n) is 11.4. The molecule has 4 aromatic carbocycles. The Morgan fingerprint density at radius 2 is 1.63 bits per heavy atom. The van der Waals surface area contributed by atoms with E-state index in [0.717, 1.165) is 54.1 Å². The fraction of sp³-hybridized carbons (Fsp3) is 0.257. The van der Waals surface area contributed by atoms with Gasteiger partial charge in [0.15, 0.2) is 34.5 Å². The second kappa shape index (κ2) is 11.2. The predicted octanol–water partition coefficient (Wildman–Crippen LogP) is 5.86. The molecule has 0 atom stereocenters. The zero-order valence-electron chi connectivity index (χ0n) is 25.7. The molecule has 0 saturated carbocycles. The van der Waals surface area contributed by atoms with E-state index >= 15 is 0 Å². The lowest BCUT2D eigenvalue weighted by atomic mass is 9.86. The van der Waals surface area contributed by atoms with Gasteiger partial charge < -0.3 is 38.4 Å². The van der Waals surface area contributed by atoms with Gasteiger partial charge in [0.25, 0.3) is 0 Å². The van der Waals surface area contributed by atoms with E-state index in [0.29, 0.717) is 63.4 Å². The van der Waals surface area contributed by atoms with E-state index in [1.165, 1.54) is 0 Å². The molecule has 1 fully saturated rings. The highest BCUT2D eigenvalue weighted by Crippen LogP contribution is 2.47. The summed E-state index contributed by atoms with van der Waals surface area (Å²) in [6.45, 7) is 3.99. The molecule has 1 aromatic heterocycles. The largest absolute Gasteiger partial charge is 0.493 e. The molecule has 0 amide bonds. The van der Waals surface area contributed by atoms with Gasteiger partial charge in [-0.1, -0.05) is 35.5 Å². The molecule has 11 heteroatoms. The zero-order chi connectivity index (χ0) is 31.4. The van der Waals surface area contributed by atoms with Crippen LogP contribution in [0, 0.1) is 0 Å². The van der Waals surface area contributed by atoms with Crippen LogP contribution in [0.5, 0.6) is 28.7 Å². The number of ketones is 1. The van der Waals surface area contributed by atoms with E-state index in [1.54, 1.807) is 21.3 Å². The summed E-state index contributed by atoms with van der Waals surface area (Å²) in [5.41, 5.74) is 5.97. The Morgan fingerprint density at radius 3 is 2.41 bits per heavy atom. The van der Waals surface area contributed by atoms with Crippen LogP contribution in [0.4, 0.5) is 17.1 Å². The summed E-state index contributed by atoms with van der Waals surface area (Å²) in [4.78, 5) is 18.7. The number of fused-ring (bicyclic) bond motifs is 3. The van der Waals surface area contributed by atoms with Crippen molar-refractivity contribution in [3.63, 3.8) is 0 Å². The minimum atomic E-state index is -0.0696. The number of aromatic nitrogens is 1. The zero-order valence-corrected chi connectivity index (χ0v) is 25.7. The van der Waals surface area contributed by atoms with Gasteiger partial charge in [-0.3, -0.25) is 9.69 Å². The number of anilines is 3. The summed E-state index contributed by atoms with van der Waals surface area (Å²) in [7, 11) is 4.88. The number of carbonyl (C=O) groups is 1. The Hall–Kier alpha value is -5.42. The number of hydrogen-bond acceptors (Lipinski definition) is 11. The van der Waals surface area contributed by atoms with Crippen LogP contribution < -0.4 is 33.9 Å². The van der Waals surface area contributed by atoms with Crippen molar-refractivity contribution >= 4 is 33.7 Å². The lowest BCUT2D eigenvalue weighted by Crippen LogP contribution is -2.46. The van der Waals surface area contributed by atoms with Crippen LogP contribution in [0.3, 0.4) is 0 Å². The topological polar surface area (TPSA) is 108 Å². The first-order chi connectivity index (χ1) is 22.6. The molecule has 5 aromatic rings. The SMILES string of the molecule is COc1ccc(CN2CCN(c3cc(Nc4ccc5c(c4)OCO5)c4c5c(onc35)-c3ccccc3C4=O)CC2)c(OC)c1OC. The molecule has 0 radical (unpaired) electrons. The number of nitrogens with one attached hydrogen (secondary N) is 1. The van der Waals surface area contributed by atoms with E-state index < -0.39 is 0 Å². The van der Waals surface area contributed by atoms with Crippen LogP contribution in [-0.4, -0.2) is 70.1 Å². The van der Waals surface area contributed by atoms with Crippen LogP contribution >= 0.6 is 0 Å². The number of nitrogens with zero attached hydrogens (tertiary/aromatic N) is 3. The van der Waals surface area contributed by atoms with E-state index in [1.807, 2.05) is 60.7 Å². The molecular weight excluding hydrogens is 588 g/mol. The molecule has 3 heterocycles. The van der Waals surface area contributed by atoms with E-state index in [4.69, 9.17) is 28.2 Å². The molecule has 11 nitrogen and oxygen atoms in total. The van der Waals surface area contributed by atoms with Gasteiger partial charge in [-0.2, -0.15) is 0 Å². The molecule has 1 saturated heterocycles. The number of ether oxygens (including phenoxy) is 5. The summed E-state index contributed by atoms with van der Waals surface area (Å²) < 4.78 is 33.9. The van der Waals surface area contributed by atoms with Gasteiger partial charge in [-0.25, -0.2) is 0 Å². The smallest absolute Gasteiger partial charge is 0.231 e. The van der Waals surface area contributed by atoms with Gasteiger partial charge in [0.05, 0.1) is 43.7 Å². The third-order valence-electron chi connectivity index (χ3n) is 8.92. The normalized spacial score (nSPS) is 15.2. The summed E-state index contributed by atoms with van der Waals surface area (Å²) >= 11 is 0. The Bertz CT molecular complexity index is 2000. The average molecular weight is 621 g/mol. The standard InChI is InChI=1S/C35H32N4O7/c1-41-27-10-8-20(33(42-2)35(27)43-3)18-38-12-14-39(15-13-38)25-17-24(36-21-9-11-26-28(16-21)45-19-44-26)29-30-31(25)37-46-34(30)23-7-5-4-6-22(23)32(29)40/h4-11,16-17,36H,12-15,18-19H2,1-3H3. The third kappa shape index (κ3) is 4.46. The van der Waals surface area contributed by atoms with Gasteiger partial charge in [0.2, 0.25) is 12.5 Å². The van der Waals surface area contributed by atoms with Crippen molar-refractivity contribution in [1.82, 2.24) is 10.1 Å². The summed E-state index contributed by atoms with van der Waals surface area (Å²) in [6, 6.07) is 19.1. The Balaban J connectivity index is 1.14. The van der Waals surface area contributed by atoms with E-state index in [2.05, 4.69) is 20.3 Å². The number of benzene rings is 4. The highest BCUT2D eigenvalue weighted by atomic mass is 16.7. The number of hydrogen-bond donors (Lipinski definition) is 1. The van der Waals surface area contributed by atoms with Crippen LogP contribution in [0.2, 0.25) is 0 Å². The van der Waals surface area contributed by atoms with Crippen LogP contribution in [0.15, 0.2) is 65.2 Å². The first kappa shape index (κ1) is 28.1. The molecule has 0 spiro atoms. The van der Waals surface area contributed by atoms with Gasteiger partial charge in [-0.05, 0) is 24.3 Å². The highest BCUT2D eigenvalue weighted by Gasteiger charge is 2.34. The molecular formula is C35H32N4O7. The van der Waals surface area contributed by atoms with Gasteiger partial charge in [0, 0.05) is 61.2 Å². The fourth-order valence-electron chi connectivity index (χ4n) is 6.69. The van der Waals surface area contributed by atoms with Crippen molar-refractivity contribution in [3.8, 4) is 40.1 Å². The van der Waals surface area contributed by atoms with Crippen molar-refractivity contribution in [2.24, 2.45) is 0 Å². The number of carbonyl (C=O) groups excluding carboxylic acids is 1. The molecule has 2 aliphatic heterocycles. The molecule has 1 aliphatic carbocycles. The molecule has 8 rings (SSSR count). The number of methoxy groups -OCH3 is 3. The van der Waals surface area contributed by atoms with Crippen molar-refractivity contribution < 1.29 is 33.0 Å². The maximum absolute atomic E-state index is 14.0. The van der Waals surface area contributed by atoms with Crippen LogP contribution in [0.25, 0.3) is 22.2 Å². The molecule has 234 valence electrons. The number of rotatable bonds is 8. The monoisotopic (exact) mass is 620 g/mol. The first-order valence-electron chi connectivity index (χ1n) is 15.1. The molecule has 46 heavy (non-hydrogen) atoms. The first-order valence-corrected chi connectivity index (χ1v) is 15.1. The predicted molar refractivity (Wildman–Crippen MR) is 172 cm³/mol. The molecule has 0 bridgehead atoms. The van der Waals surface area contributed by atoms with Gasteiger partial charge in [0.1, 0.15) is 5.52 Å². The Morgan fingerprint density at radius 1 is 0.848 bits per heavy atom. The Kier molecular flexibility index (Phi) is 6.83. The molecule has 1 N–H and O–H groups in total. The van der Waals surface area contributed by atoms with Crippen molar-refractivity contribution in [2.75, 3.05) is 64.5 Å². The average Bonchev–Trinajstić information content (AvgIpc) is 3.75. The number of piperazine rings is 1. The van der Waals surface area contributed by atoms with Crippen molar-refractivity contribution in [2.45, 2.75) is 6.54 Å². The van der Waals surface area contributed by atoms with Gasteiger partial charge >= 0.3 is 0 Å². The lowest BCUT2D eigenvalue weighted by molar-refractivity contribution is 0.104. The third-order valence-corrected chi connectivity index (χ3v) is 8.92. The summed E-state index contributed by atoms with van der Waals surface area (Å²) in [5, 5.41) is 8.79. The van der Waals surface area contributed by atoms with E-state index in [-0.39, 0.29) is 12.6 Å². The van der Waals surface area contributed by atoms with Crippen molar-refractivity contribution in [3.05, 3.63) is 77.4 Å². The second-order valence-corrected chi connectivity index (χ2v) is 11.4. The molecule has 3 aliphatic rings. The highest BCUT2D eigenvalue weighted by molar-refractivity contribution is 6.28. The van der Waals surface area contributed by atoms with Crippen LogP contribution in [0.1, 0.15) is 21.5 Å². The van der Waals surface area contributed by atoms with Gasteiger partial charge in [-0.15, -0.1) is 0 Å².